The van der Waals surface area contributed by atoms with Crippen molar-refractivity contribution < 1.29 is 13.2 Å². The molecule has 10 heteroatoms. The van der Waals surface area contributed by atoms with Crippen LogP contribution in [0.1, 0.15) is 35.8 Å². The Hall–Kier alpha value is -3.14. The Morgan fingerprint density at radius 1 is 1.00 bits per heavy atom. The first-order valence-corrected chi connectivity index (χ1v) is 13.1. The van der Waals surface area contributed by atoms with Crippen LogP contribution in [0.4, 0.5) is 11.4 Å². The summed E-state index contributed by atoms with van der Waals surface area (Å²) in [5.41, 5.74) is 2.79. The number of rotatable bonds is 6. The van der Waals surface area contributed by atoms with E-state index in [0.29, 0.717) is 11.4 Å². The second-order valence-electron chi connectivity index (χ2n) is 8.09. The molecule has 0 aliphatic rings. The zero-order valence-corrected chi connectivity index (χ0v) is 21.0. The maximum atomic E-state index is 12.9. The molecule has 0 saturated heterocycles. The minimum absolute atomic E-state index is 0.00242. The first kappa shape index (κ1) is 24.0. The number of fused-ring (bicyclic) bond motifs is 1. The van der Waals surface area contributed by atoms with E-state index in [0.717, 1.165) is 27.1 Å². The number of halogens is 1. The number of amides is 1. The summed E-state index contributed by atoms with van der Waals surface area (Å²) in [7, 11) is -4.02. The molecule has 0 spiro atoms. The lowest BCUT2D eigenvalue weighted by Crippen LogP contribution is -2.16. The van der Waals surface area contributed by atoms with Crippen LogP contribution in [-0.2, 0) is 10.0 Å². The third-order valence-corrected chi connectivity index (χ3v) is 7.96. The van der Waals surface area contributed by atoms with Crippen molar-refractivity contribution in [1.82, 2.24) is 4.57 Å². The molecule has 1 aromatic heterocycles. The molecule has 0 aliphatic heterocycles. The molecule has 176 valence electrons. The number of hydrogen-bond donors (Lipinski definition) is 2. The van der Waals surface area contributed by atoms with Gasteiger partial charge in [-0.25, -0.2) is 8.42 Å². The fraction of sp³-hybridized carbons (Fsp3) is 0.167. The SMILES string of the molecule is Cc1ccc(NS(=O)(=O)c2cc(C(=O)Nc3ccc4c(c3)sc(=O)n4C(C)C)ccc2Cl)cc1. The number of aryl methyl sites for hydroxylation is 1. The number of thiazole rings is 1. The molecule has 0 atom stereocenters. The number of benzene rings is 3. The first-order chi connectivity index (χ1) is 16.0. The highest BCUT2D eigenvalue weighted by Gasteiger charge is 2.21. The Morgan fingerprint density at radius 2 is 1.68 bits per heavy atom. The monoisotopic (exact) mass is 515 g/mol. The quantitative estimate of drug-likeness (QED) is 0.346. The Kier molecular flexibility index (Phi) is 6.53. The van der Waals surface area contributed by atoms with E-state index in [1.807, 2.05) is 20.8 Å². The van der Waals surface area contributed by atoms with Crippen LogP contribution in [0.25, 0.3) is 10.2 Å². The Bertz CT molecular complexity index is 1560. The summed E-state index contributed by atoms with van der Waals surface area (Å²) in [5.74, 6) is -0.501. The van der Waals surface area contributed by atoms with Crippen molar-refractivity contribution in [2.75, 3.05) is 10.0 Å². The average molecular weight is 516 g/mol. The summed E-state index contributed by atoms with van der Waals surface area (Å²) in [4.78, 5) is 24.9. The van der Waals surface area contributed by atoms with Crippen molar-refractivity contribution in [2.24, 2.45) is 0 Å². The van der Waals surface area contributed by atoms with Gasteiger partial charge in [0.25, 0.3) is 15.9 Å². The van der Waals surface area contributed by atoms with Gasteiger partial charge >= 0.3 is 4.87 Å². The summed E-state index contributed by atoms with van der Waals surface area (Å²) < 4.78 is 30.8. The lowest BCUT2D eigenvalue weighted by molar-refractivity contribution is 0.102. The number of carbonyl (C=O) groups excluding carboxylic acids is 1. The zero-order chi connectivity index (χ0) is 24.6. The van der Waals surface area contributed by atoms with E-state index in [1.165, 1.54) is 18.2 Å². The largest absolute Gasteiger partial charge is 0.322 e. The molecule has 1 amide bonds. The molecule has 34 heavy (non-hydrogen) atoms. The summed E-state index contributed by atoms with van der Waals surface area (Å²) in [5, 5.41) is 2.76. The molecule has 0 saturated carbocycles. The van der Waals surface area contributed by atoms with Crippen molar-refractivity contribution in [2.45, 2.75) is 31.7 Å². The first-order valence-electron chi connectivity index (χ1n) is 10.4. The van der Waals surface area contributed by atoms with Gasteiger partial charge in [0.1, 0.15) is 4.90 Å². The summed E-state index contributed by atoms with van der Waals surface area (Å²) in [6.45, 7) is 5.77. The lowest BCUT2D eigenvalue weighted by Gasteiger charge is -2.12. The van der Waals surface area contributed by atoms with Gasteiger partial charge in [-0.05, 0) is 69.3 Å². The third-order valence-electron chi connectivity index (χ3n) is 5.17. The zero-order valence-electron chi connectivity index (χ0n) is 18.6. The predicted molar refractivity (Wildman–Crippen MR) is 138 cm³/mol. The maximum Gasteiger partial charge on any atom is 0.308 e. The second-order valence-corrected chi connectivity index (χ2v) is 11.1. The Balaban J connectivity index is 1.60. The fourth-order valence-corrected chi connectivity index (χ4v) is 6.13. The van der Waals surface area contributed by atoms with Crippen LogP contribution in [0, 0.1) is 6.92 Å². The van der Waals surface area contributed by atoms with Gasteiger partial charge in [-0.3, -0.25) is 18.9 Å². The van der Waals surface area contributed by atoms with Crippen LogP contribution in [0.3, 0.4) is 0 Å². The standard InChI is InChI=1S/C24H22ClN3O4S2/c1-14(2)28-20-11-9-18(13-21(20)33-24(28)30)26-23(29)16-6-10-19(25)22(12-16)34(31,32)27-17-7-4-15(3)5-8-17/h4-14,27H,1-3H3,(H,26,29). The van der Waals surface area contributed by atoms with E-state index in [4.69, 9.17) is 11.6 Å². The molecule has 4 aromatic rings. The number of anilines is 2. The highest BCUT2D eigenvalue weighted by atomic mass is 35.5. The van der Waals surface area contributed by atoms with Gasteiger partial charge in [0.05, 0.1) is 15.2 Å². The van der Waals surface area contributed by atoms with Crippen molar-refractivity contribution in [3.8, 4) is 0 Å². The topological polar surface area (TPSA) is 97.3 Å². The number of carbonyl (C=O) groups is 1. The van der Waals surface area contributed by atoms with Gasteiger partial charge in [-0.15, -0.1) is 0 Å². The van der Waals surface area contributed by atoms with Gasteiger partial charge in [-0.1, -0.05) is 40.6 Å². The molecule has 0 fully saturated rings. The fourth-order valence-electron chi connectivity index (χ4n) is 3.49. The van der Waals surface area contributed by atoms with Gasteiger partial charge in [-0.2, -0.15) is 0 Å². The molecule has 0 radical (unpaired) electrons. The van der Waals surface area contributed by atoms with Crippen LogP contribution >= 0.6 is 22.9 Å². The van der Waals surface area contributed by atoms with E-state index in [9.17, 15) is 18.0 Å². The molecule has 7 nitrogen and oxygen atoms in total. The molecule has 0 aliphatic carbocycles. The van der Waals surface area contributed by atoms with E-state index in [-0.39, 0.29) is 26.4 Å². The highest BCUT2D eigenvalue weighted by molar-refractivity contribution is 7.92. The summed E-state index contributed by atoms with van der Waals surface area (Å²) in [6.07, 6.45) is 0. The second kappa shape index (κ2) is 9.25. The maximum absolute atomic E-state index is 12.9. The highest BCUT2D eigenvalue weighted by Crippen LogP contribution is 2.27. The van der Waals surface area contributed by atoms with Crippen LogP contribution in [0.2, 0.25) is 5.02 Å². The Morgan fingerprint density at radius 3 is 2.35 bits per heavy atom. The number of nitrogens with zero attached hydrogens (tertiary/aromatic N) is 1. The number of aromatic nitrogens is 1. The third kappa shape index (κ3) is 4.86. The van der Waals surface area contributed by atoms with Gasteiger partial charge in [0.2, 0.25) is 0 Å². The molecular formula is C24H22ClN3O4S2. The molecule has 0 bridgehead atoms. The molecule has 0 unspecified atom stereocenters. The van der Waals surface area contributed by atoms with E-state index < -0.39 is 15.9 Å². The van der Waals surface area contributed by atoms with Crippen LogP contribution in [0.15, 0.2) is 70.4 Å². The Labute approximate surface area is 206 Å². The van der Waals surface area contributed by atoms with Crippen LogP contribution in [0.5, 0.6) is 0 Å². The van der Waals surface area contributed by atoms with Crippen LogP contribution in [-0.4, -0.2) is 18.9 Å². The smallest absolute Gasteiger partial charge is 0.308 e. The van der Waals surface area contributed by atoms with Crippen molar-refractivity contribution in [3.05, 3.63) is 86.5 Å². The normalized spacial score (nSPS) is 11.7. The van der Waals surface area contributed by atoms with Crippen molar-refractivity contribution in [3.63, 3.8) is 0 Å². The van der Waals surface area contributed by atoms with Crippen LogP contribution < -0.4 is 14.9 Å². The number of hydrogen-bond acceptors (Lipinski definition) is 5. The van der Waals surface area contributed by atoms with Gasteiger partial charge in [0.15, 0.2) is 0 Å². The number of nitrogens with one attached hydrogen (secondary N) is 2. The minimum Gasteiger partial charge on any atom is -0.322 e. The van der Waals surface area contributed by atoms with Crippen molar-refractivity contribution >= 4 is 60.5 Å². The average Bonchev–Trinajstić information content (AvgIpc) is 3.10. The summed E-state index contributed by atoms with van der Waals surface area (Å²) >= 11 is 7.27. The van der Waals surface area contributed by atoms with Gasteiger partial charge < -0.3 is 5.32 Å². The molecule has 1 heterocycles. The molecule has 2 N–H and O–H groups in total. The van der Waals surface area contributed by atoms with E-state index in [1.54, 1.807) is 47.0 Å². The lowest BCUT2D eigenvalue weighted by atomic mass is 10.2. The van der Waals surface area contributed by atoms with E-state index in [2.05, 4.69) is 10.0 Å². The molecule has 3 aromatic carbocycles. The van der Waals surface area contributed by atoms with E-state index >= 15 is 0 Å². The predicted octanol–water partition coefficient (Wildman–Crippen LogP) is 5.66. The summed E-state index contributed by atoms with van der Waals surface area (Å²) in [6, 6.07) is 16.2. The molecule has 4 rings (SSSR count). The van der Waals surface area contributed by atoms with Crippen molar-refractivity contribution in [1.29, 1.82) is 0 Å². The molecular weight excluding hydrogens is 494 g/mol. The minimum atomic E-state index is -4.02. The van der Waals surface area contributed by atoms with Gasteiger partial charge in [0, 0.05) is 23.0 Å². The number of sulfonamides is 1.